The first-order chi connectivity index (χ1) is 5.77. The van der Waals surface area contributed by atoms with E-state index in [0.29, 0.717) is 5.84 Å². The number of aromatic nitrogens is 1. The zero-order chi connectivity index (χ0) is 8.55. The summed E-state index contributed by atoms with van der Waals surface area (Å²) in [6.07, 6.45) is 0. The van der Waals surface area contributed by atoms with Crippen LogP contribution in [-0.4, -0.2) is 21.8 Å². The van der Waals surface area contributed by atoms with Crippen molar-refractivity contribution in [1.82, 2.24) is 4.98 Å². The molecule has 0 spiro atoms. The molecule has 0 saturated heterocycles. The highest BCUT2D eigenvalue weighted by molar-refractivity contribution is 7.16. The molecule has 0 aliphatic heterocycles. The molecule has 2 aromatic rings. The molecule has 1 heterocycles. The van der Waals surface area contributed by atoms with Crippen LogP contribution >= 0.6 is 11.3 Å². The van der Waals surface area contributed by atoms with Gasteiger partial charge < -0.3 is 23.4 Å². The lowest BCUT2D eigenvalue weighted by Crippen LogP contribution is -3.00. The van der Waals surface area contributed by atoms with Crippen LogP contribution in [0.1, 0.15) is 5.56 Å². The number of nitrogens with two attached hydrogens (primary N) is 2. The highest BCUT2D eigenvalue weighted by atomic mass is 35.5. The first kappa shape index (κ1) is 16.2. The normalized spacial score (nSPS) is 8.27. The van der Waals surface area contributed by atoms with Gasteiger partial charge in [0, 0.05) is 0 Å². The predicted molar refractivity (Wildman–Crippen MR) is 57.1 cm³/mol. The highest BCUT2D eigenvalue weighted by Crippen LogP contribution is 2.18. The molecule has 5 nitrogen and oxygen atoms in total. The summed E-state index contributed by atoms with van der Waals surface area (Å²) in [5.74, 6) is 0.352. The van der Waals surface area contributed by atoms with Crippen LogP contribution in [0, 0.1) is 0 Å². The molecule has 1 aromatic carbocycles. The van der Waals surface area contributed by atoms with E-state index in [4.69, 9.17) is 11.1 Å². The number of rotatable bonds is 1. The number of benzene rings is 1. The molecule has 0 bridgehead atoms. The van der Waals surface area contributed by atoms with Gasteiger partial charge >= 0.3 is 0 Å². The van der Waals surface area contributed by atoms with E-state index in [1.54, 1.807) is 16.8 Å². The molecule has 15 heavy (non-hydrogen) atoms. The van der Waals surface area contributed by atoms with Gasteiger partial charge in [0.05, 0.1) is 21.3 Å². The predicted octanol–water partition coefficient (Wildman–Crippen LogP) is -4.88. The molecule has 0 aliphatic rings. The zero-order valence-electron chi connectivity index (χ0n) is 7.70. The van der Waals surface area contributed by atoms with E-state index in [9.17, 15) is 0 Å². The summed E-state index contributed by atoms with van der Waals surface area (Å²) in [5, 5.41) is 5.45. The van der Waals surface area contributed by atoms with E-state index in [2.05, 4.69) is 4.98 Å². The van der Waals surface area contributed by atoms with Crippen molar-refractivity contribution in [2.75, 3.05) is 0 Å². The molecular weight excluding hydrogens is 238 g/mol. The van der Waals surface area contributed by atoms with Gasteiger partial charge in [0.1, 0.15) is 0 Å². The van der Waals surface area contributed by atoms with Gasteiger partial charge in [-0.05, 0) is 18.2 Å². The average Bonchev–Trinajstić information content (AvgIpc) is 2.49. The van der Waals surface area contributed by atoms with Gasteiger partial charge in [-0.15, -0.1) is 11.3 Å². The van der Waals surface area contributed by atoms with Gasteiger partial charge in [-0.3, -0.25) is 11.1 Å². The molecule has 0 unspecified atom stereocenters. The maximum atomic E-state index is 5.45. The Hall–Kier alpha value is -1.21. The van der Waals surface area contributed by atoms with E-state index in [1.807, 2.05) is 18.2 Å². The maximum absolute atomic E-state index is 5.45. The standard InChI is InChI=1S/C8H7N3S.ClH.2H2O/c9-8(10)5-1-2-6-7(3-5)12-4-11-6;;;/h1-4H,(H3,9,10);1H;2*1H2. The summed E-state index contributed by atoms with van der Waals surface area (Å²) >= 11 is 1.58. The van der Waals surface area contributed by atoms with Crippen LogP contribution in [0.5, 0.6) is 0 Å². The minimum atomic E-state index is 0. The summed E-state index contributed by atoms with van der Waals surface area (Å²) in [5.41, 5.74) is 9.12. The second-order valence-corrected chi connectivity index (χ2v) is 3.38. The summed E-state index contributed by atoms with van der Waals surface area (Å²) < 4.78 is 1.11. The third kappa shape index (κ3) is 3.14. The van der Waals surface area contributed by atoms with Crippen LogP contribution in [-0.2, 0) is 0 Å². The number of thiazole rings is 1. The summed E-state index contributed by atoms with van der Waals surface area (Å²) in [4.78, 5) is 4.15. The third-order valence-corrected chi connectivity index (χ3v) is 2.46. The number of amidine groups is 1. The Balaban J connectivity index is 0. The lowest BCUT2D eigenvalue weighted by molar-refractivity contribution is -0.114. The van der Waals surface area contributed by atoms with Gasteiger partial charge in [0.2, 0.25) is 0 Å². The molecule has 7 heteroatoms. The second kappa shape index (κ2) is 6.31. The van der Waals surface area contributed by atoms with Crippen molar-refractivity contribution in [3.63, 3.8) is 0 Å². The minimum absolute atomic E-state index is 0. The maximum Gasteiger partial charge on any atom is 0.270 e. The molecule has 0 amide bonds. The Morgan fingerprint density at radius 1 is 1.33 bits per heavy atom. The molecule has 1 aromatic heterocycles. The summed E-state index contributed by atoms with van der Waals surface area (Å²) in [6.45, 7) is 0. The van der Waals surface area contributed by atoms with Crippen molar-refractivity contribution < 1.29 is 28.8 Å². The number of hydrogen-bond donors (Lipinski definition) is 2. The molecule has 0 fully saturated rings. The fourth-order valence-corrected chi connectivity index (χ4v) is 1.75. The Kier molecular flexibility index (Phi) is 6.82. The Morgan fingerprint density at radius 2 is 2.00 bits per heavy atom. The number of fused-ring (bicyclic) bond motifs is 1. The Morgan fingerprint density at radius 3 is 2.60 bits per heavy atom. The molecule has 8 N–H and O–H groups in total. The lowest BCUT2D eigenvalue weighted by Gasteiger charge is -1.91. The highest BCUT2D eigenvalue weighted by Gasteiger charge is 2.03. The molecule has 0 atom stereocenters. The van der Waals surface area contributed by atoms with Crippen LogP contribution in [0.25, 0.3) is 10.2 Å². The van der Waals surface area contributed by atoms with Gasteiger partial charge in [0.25, 0.3) is 5.84 Å². The molecule has 84 valence electrons. The van der Waals surface area contributed by atoms with E-state index >= 15 is 0 Å². The van der Waals surface area contributed by atoms with Crippen LogP contribution in [0.2, 0.25) is 0 Å². The van der Waals surface area contributed by atoms with E-state index in [0.717, 1.165) is 15.8 Å². The van der Waals surface area contributed by atoms with E-state index < -0.39 is 0 Å². The van der Waals surface area contributed by atoms with Crippen LogP contribution in [0.4, 0.5) is 0 Å². The van der Waals surface area contributed by atoms with Crippen molar-refractivity contribution in [1.29, 1.82) is 0 Å². The van der Waals surface area contributed by atoms with Crippen molar-refractivity contribution in [2.24, 2.45) is 5.73 Å². The third-order valence-electron chi connectivity index (χ3n) is 1.66. The Labute approximate surface area is 96.5 Å². The zero-order valence-corrected chi connectivity index (χ0v) is 9.27. The van der Waals surface area contributed by atoms with Gasteiger partial charge in [0.15, 0.2) is 0 Å². The largest absolute Gasteiger partial charge is 1.00 e. The van der Waals surface area contributed by atoms with Crippen molar-refractivity contribution in [3.8, 4) is 0 Å². The van der Waals surface area contributed by atoms with Crippen LogP contribution in [0.15, 0.2) is 23.7 Å². The fraction of sp³-hybridized carbons (Fsp3) is 0. The first-order valence-corrected chi connectivity index (χ1v) is 4.37. The number of hydrogen-bond acceptors (Lipinski definition) is 2. The van der Waals surface area contributed by atoms with Crippen molar-refractivity contribution in [3.05, 3.63) is 29.3 Å². The summed E-state index contributed by atoms with van der Waals surface area (Å²) in [7, 11) is 0. The topological polar surface area (TPSA) is 128 Å². The van der Waals surface area contributed by atoms with Crippen molar-refractivity contribution >= 4 is 27.4 Å². The number of nitrogens with zero attached hydrogens (tertiary/aromatic N) is 1. The van der Waals surface area contributed by atoms with E-state index in [1.165, 1.54) is 0 Å². The van der Waals surface area contributed by atoms with Gasteiger partial charge in [-0.25, -0.2) is 4.98 Å². The SMILES string of the molecule is NC(=[NH2+])c1ccc2ncsc2c1.O.O.[Cl-]. The second-order valence-electron chi connectivity index (χ2n) is 2.49. The minimum Gasteiger partial charge on any atom is -1.00 e. The monoisotopic (exact) mass is 249 g/mol. The van der Waals surface area contributed by atoms with Crippen LogP contribution in [0.3, 0.4) is 0 Å². The van der Waals surface area contributed by atoms with Crippen molar-refractivity contribution in [2.45, 2.75) is 0 Å². The molecule has 2 rings (SSSR count). The van der Waals surface area contributed by atoms with Gasteiger partial charge in [-0.2, -0.15) is 0 Å². The van der Waals surface area contributed by atoms with Crippen LogP contribution < -0.4 is 23.5 Å². The first-order valence-electron chi connectivity index (χ1n) is 3.49. The molecule has 0 radical (unpaired) electrons. The molecule has 0 aliphatic carbocycles. The average molecular weight is 250 g/mol. The fourth-order valence-electron chi connectivity index (χ4n) is 1.03. The molecular formula is C8H12ClN3O2S. The summed E-state index contributed by atoms with van der Waals surface area (Å²) in [6, 6.07) is 5.74. The molecule has 0 saturated carbocycles. The quantitative estimate of drug-likeness (QED) is 0.388. The van der Waals surface area contributed by atoms with E-state index in [-0.39, 0.29) is 23.4 Å². The smallest absolute Gasteiger partial charge is 0.270 e. The number of halogens is 1. The Bertz CT molecular complexity index is 446. The lowest BCUT2D eigenvalue weighted by atomic mass is 10.2. The van der Waals surface area contributed by atoms with Gasteiger partial charge in [-0.1, -0.05) is 0 Å².